The summed E-state index contributed by atoms with van der Waals surface area (Å²) in [6.45, 7) is 1.89. The highest BCUT2D eigenvalue weighted by molar-refractivity contribution is 8.01. The van der Waals surface area contributed by atoms with E-state index in [2.05, 4.69) is 20.5 Å². The Kier molecular flexibility index (Phi) is 3.95. The van der Waals surface area contributed by atoms with Crippen molar-refractivity contribution in [3.63, 3.8) is 0 Å². The maximum absolute atomic E-state index is 11.9. The zero-order valence-electron chi connectivity index (χ0n) is 10.5. The molecule has 2 aromatic heterocycles. The summed E-state index contributed by atoms with van der Waals surface area (Å²) in [6.07, 6.45) is 0. The van der Waals surface area contributed by atoms with Crippen LogP contribution in [0.4, 0.5) is 5.13 Å². The molecule has 0 aliphatic rings. The van der Waals surface area contributed by atoms with Gasteiger partial charge in [0, 0.05) is 0 Å². The predicted octanol–water partition coefficient (Wildman–Crippen LogP) is 3.19. The van der Waals surface area contributed by atoms with Crippen LogP contribution in [-0.2, 0) is 4.79 Å². The summed E-state index contributed by atoms with van der Waals surface area (Å²) in [7, 11) is 0. The maximum Gasteiger partial charge on any atom is 0.236 e. The Balaban J connectivity index is 1.60. The lowest BCUT2D eigenvalue weighted by Crippen LogP contribution is -2.13. The van der Waals surface area contributed by atoms with E-state index in [1.54, 1.807) is 0 Å². The Morgan fingerprint density at radius 3 is 2.90 bits per heavy atom. The smallest absolute Gasteiger partial charge is 0.236 e. The molecule has 3 aromatic rings. The third-order valence-electron chi connectivity index (χ3n) is 2.37. The van der Waals surface area contributed by atoms with Gasteiger partial charge in [-0.05, 0) is 19.1 Å². The van der Waals surface area contributed by atoms with Crippen LogP contribution >= 0.6 is 34.4 Å². The van der Waals surface area contributed by atoms with E-state index in [1.165, 1.54) is 34.4 Å². The highest BCUT2D eigenvalue weighted by Gasteiger charge is 2.09. The number of benzene rings is 1. The number of thioether (sulfide) groups is 1. The average molecular weight is 322 g/mol. The Morgan fingerprint density at radius 1 is 1.30 bits per heavy atom. The Morgan fingerprint density at radius 2 is 2.15 bits per heavy atom. The van der Waals surface area contributed by atoms with Crippen LogP contribution in [0.15, 0.2) is 28.6 Å². The van der Waals surface area contributed by atoms with Crippen molar-refractivity contribution < 1.29 is 4.79 Å². The molecule has 3 rings (SSSR count). The van der Waals surface area contributed by atoms with E-state index in [-0.39, 0.29) is 5.91 Å². The fourth-order valence-electron chi connectivity index (χ4n) is 1.55. The molecule has 8 heteroatoms. The van der Waals surface area contributed by atoms with Gasteiger partial charge in [-0.25, -0.2) is 4.98 Å². The second-order valence-electron chi connectivity index (χ2n) is 3.91. The molecule has 0 unspecified atom stereocenters. The monoisotopic (exact) mass is 322 g/mol. The van der Waals surface area contributed by atoms with Crippen molar-refractivity contribution in [2.75, 3.05) is 11.1 Å². The van der Waals surface area contributed by atoms with Crippen molar-refractivity contribution in [2.45, 2.75) is 11.3 Å². The van der Waals surface area contributed by atoms with E-state index in [1.807, 2.05) is 31.2 Å². The van der Waals surface area contributed by atoms with Gasteiger partial charge in [0.1, 0.15) is 5.01 Å². The molecule has 102 valence electrons. The third kappa shape index (κ3) is 3.14. The molecule has 0 saturated carbocycles. The van der Waals surface area contributed by atoms with Crippen LogP contribution in [0.3, 0.4) is 0 Å². The lowest BCUT2D eigenvalue weighted by Gasteiger charge is -1.98. The molecule has 0 atom stereocenters. The molecule has 5 nitrogen and oxygen atoms in total. The number of aryl methyl sites for hydroxylation is 1. The molecule has 0 radical (unpaired) electrons. The van der Waals surface area contributed by atoms with Gasteiger partial charge in [0.05, 0.1) is 16.0 Å². The molecule has 0 fully saturated rings. The number of carbonyl (C=O) groups excluding carboxylic acids is 1. The molecular weight excluding hydrogens is 312 g/mol. The van der Waals surface area contributed by atoms with Gasteiger partial charge in [0.15, 0.2) is 9.47 Å². The second-order valence-corrected chi connectivity index (χ2v) is 7.35. The highest BCUT2D eigenvalue weighted by atomic mass is 32.2. The van der Waals surface area contributed by atoms with Gasteiger partial charge in [-0.15, -0.1) is 10.2 Å². The summed E-state index contributed by atoms with van der Waals surface area (Å²) >= 11 is 4.35. The third-order valence-corrected chi connectivity index (χ3v) is 5.30. The van der Waals surface area contributed by atoms with Gasteiger partial charge < -0.3 is 5.32 Å². The van der Waals surface area contributed by atoms with E-state index < -0.39 is 0 Å². The first-order chi connectivity index (χ1) is 9.70. The molecule has 1 aromatic carbocycles. The van der Waals surface area contributed by atoms with Crippen molar-refractivity contribution in [2.24, 2.45) is 0 Å². The van der Waals surface area contributed by atoms with Crippen LogP contribution < -0.4 is 5.32 Å². The predicted molar refractivity (Wildman–Crippen MR) is 83.6 cm³/mol. The number of nitrogens with zero attached hydrogens (tertiary/aromatic N) is 3. The normalized spacial score (nSPS) is 10.8. The number of rotatable bonds is 4. The van der Waals surface area contributed by atoms with Gasteiger partial charge in [-0.2, -0.15) is 0 Å². The van der Waals surface area contributed by atoms with Gasteiger partial charge >= 0.3 is 0 Å². The molecule has 20 heavy (non-hydrogen) atoms. The first-order valence-electron chi connectivity index (χ1n) is 5.79. The molecular formula is C12H10N4OS3. The van der Waals surface area contributed by atoms with Crippen molar-refractivity contribution in [3.8, 4) is 0 Å². The Labute approximate surface area is 127 Å². The van der Waals surface area contributed by atoms with Crippen LogP contribution in [0.1, 0.15) is 5.01 Å². The number of amides is 1. The van der Waals surface area contributed by atoms with Crippen LogP contribution in [0.5, 0.6) is 0 Å². The van der Waals surface area contributed by atoms with Gasteiger partial charge in [0.2, 0.25) is 5.91 Å². The Bertz CT molecular complexity index is 719. The van der Waals surface area contributed by atoms with E-state index in [4.69, 9.17) is 0 Å². The molecule has 0 spiro atoms. The molecule has 1 amide bonds. The number of carbonyl (C=O) groups is 1. The van der Waals surface area contributed by atoms with E-state index in [0.717, 1.165) is 19.6 Å². The van der Waals surface area contributed by atoms with Crippen LogP contribution in [0.25, 0.3) is 10.2 Å². The SMILES string of the molecule is Cc1nnc(SCC(=O)Nc2nc3ccccc3s2)s1. The van der Waals surface area contributed by atoms with Crippen LogP contribution in [0.2, 0.25) is 0 Å². The molecule has 2 heterocycles. The minimum atomic E-state index is -0.0816. The molecule has 0 aliphatic heterocycles. The standard InChI is InChI=1S/C12H10N4OS3/c1-7-15-16-12(19-7)18-6-10(17)14-11-13-8-4-2-3-5-9(8)20-11/h2-5H,6H2,1H3,(H,13,14,17). The Hall–Kier alpha value is -1.51. The summed E-state index contributed by atoms with van der Waals surface area (Å²) in [6, 6.07) is 7.81. The van der Waals surface area contributed by atoms with E-state index in [9.17, 15) is 4.79 Å². The minimum absolute atomic E-state index is 0.0816. The number of fused-ring (bicyclic) bond motifs is 1. The molecule has 0 bridgehead atoms. The van der Waals surface area contributed by atoms with E-state index >= 15 is 0 Å². The van der Waals surface area contributed by atoms with Crippen molar-refractivity contribution in [3.05, 3.63) is 29.3 Å². The number of thiazole rings is 1. The second kappa shape index (κ2) is 5.86. The molecule has 0 saturated heterocycles. The van der Waals surface area contributed by atoms with Crippen LogP contribution in [0, 0.1) is 6.92 Å². The fraction of sp³-hybridized carbons (Fsp3) is 0.167. The van der Waals surface area contributed by atoms with E-state index in [0.29, 0.717) is 10.9 Å². The number of hydrogen-bond acceptors (Lipinski definition) is 7. The topological polar surface area (TPSA) is 67.8 Å². The van der Waals surface area contributed by atoms with Crippen molar-refractivity contribution in [1.29, 1.82) is 0 Å². The summed E-state index contributed by atoms with van der Waals surface area (Å²) in [5.74, 6) is 0.229. The lowest BCUT2D eigenvalue weighted by molar-refractivity contribution is -0.113. The quantitative estimate of drug-likeness (QED) is 0.747. The number of aromatic nitrogens is 3. The summed E-state index contributed by atoms with van der Waals surface area (Å²) in [4.78, 5) is 16.2. The zero-order chi connectivity index (χ0) is 13.9. The van der Waals surface area contributed by atoms with Crippen molar-refractivity contribution in [1.82, 2.24) is 15.2 Å². The number of para-hydroxylation sites is 1. The lowest BCUT2D eigenvalue weighted by atomic mass is 10.3. The zero-order valence-corrected chi connectivity index (χ0v) is 12.9. The fourth-order valence-corrected chi connectivity index (χ4v) is 4.04. The van der Waals surface area contributed by atoms with Gasteiger partial charge in [-0.1, -0.05) is 46.6 Å². The van der Waals surface area contributed by atoms with Crippen molar-refractivity contribution >= 4 is 55.7 Å². The van der Waals surface area contributed by atoms with Gasteiger partial charge in [-0.3, -0.25) is 4.79 Å². The number of nitrogens with one attached hydrogen (secondary N) is 1. The molecule has 0 aliphatic carbocycles. The summed E-state index contributed by atoms with van der Waals surface area (Å²) in [5, 5.41) is 12.2. The first kappa shape index (κ1) is 13.5. The minimum Gasteiger partial charge on any atom is -0.301 e. The maximum atomic E-state index is 11.9. The largest absolute Gasteiger partial charge is 0.301 e. The average Bonchev–Trinajstić information content (AvgIpc) is 3.01. The first-order valence-corrected chi connectivity index (χ1v) is 8.41. The highest BCUT2D eigenvalue weighted by Crippen LogP contribution is 2.26. The summed E-state index contributed by atoms with van der Waals surface area (Å²) < 4.78 is 1.87. The molecule has 1 N–H and O–H groups in total. The number of anilines is 1. The van der Waals surface area contributed by atoms with Crippen LogP contribution in [-0.4, -0.2) is 26.8 Å². The summed E-state index contributed by atoms with van der Waals surface area (Å²) in [5.41, 5.74) is 0.903. The van der Waals surface area contributed by atoms with Gasteiger partial charge in [0.25, 0.3) is 0 Å². The number of hydrogen-bond donors (Lipinski definition) is 1.